The largest absolute Gasteiger partial charge is 0.440 e. The second-order valence-corrected chi connectivity index (χ2v) is 3.73. The first-order valence-corrected chi connectivity index (χ1v) is 4.32. The smallest absolute Gasteiger partial charge is 0.422 e. The average Bonchev–Trinajstić information content (AvgIpc) is 1.97. The Morgan fingerprint density at radius 3 is 2.43 bits per heavy atom. The fourth-order valence-electron chi connectivity index (χ4n) is 1.26. The summed E-state index contributed by atoms with van der Waals surface area (Å²) in [4.78, 5) is 10.9. The molecule has 1 aliphatic rings. The normalized spacial score (nSPS) is 19.7. The Balaban J connectivity index is 2.22. The summed E-state index contributed by atoms with van der Waals surface area (Å²) < 4.78 is 38.9. The van der Waals surface area contributed by atoms with E-state index in [0.29, 0.717) is 0 Å². The lowest BCUT2D eigenvalue weighted by molar-refractivity contribution is -0.160. The molecule has 0 radical (unpaired) electrons. The highest BCUT2D eigenvalue weighted by atomic mass is 19.4. The summed E-state index contributed by atoms with van der Waals surface area (Å²) in [5, 5.41) is 2.40. The van der Waals surface area contributed by atoms with Gasteiger partial charge in [0, 0.05) is 5.54 Å². The Hall–Kier alpha value is -0.940. The van der Waals surface area contributed by atoms with Gasteiger partial charge in [0.1, 0.15) is 0 Å². The third kappa shape index (κ3) is 3.43. The molecule has 1 rings (SSSR count). The van der Waals surface area contributed by atoms with Crippen LogP contribution in [0.4, 0.5) is 18.0 Å². The van der Waals surface area contributed by atoms with Gasteiger partial charge >= 0.3 is 12.3 Å². The molecule has 0 bridgehead atoms. The predicted octanol–water partition coefficient (Wildman–Crippen LogP) is 2.22. The molecule has 6 heteroatoms. The van der Waals surface area contributed by atoms with Crippen LogP contribution in [0.15, 0.2) is 0 Å². The van der Waals surface area contributed by atoms with Gasteiger partial charge < -0.3 is 10.1 Å². The fraction of sp³-hybridized carbons (Fsp3) is 0.875. The number of nitrogens with one attached hydrogen (secondary N) is 1. The molecule has 0 aromatic heterocycles. The summed E-state index contributed by atoms with van der Waals surface area (Å²) in [5.74, 6) is 0. The molecule has 0 spiro atoms. The molecule has 1 amide bonds. The van der Waals surface area contributed by atoms with E-state index in [9.17, 15) is 18.0 Å². The number of rotatable bonds is 2. The highest BCUT2D eigenvalue weighted by Crippen LogP contribution is 2.30. The number of amides is 1. The van der Waals surface area contributed by atoms with Crippen molar-refractivity contribution in [1.29, 1.82) is 0 Å². The third-order valence-corrected chi connectivity index (χ3v) is 2.23. The van der Waals surface area contributed by atoms with E-state index >= 15 is 0 Å². The van der Waals surface area contributed by atoms with Crippen molar-refractivity contribution >= 4 is 6.09 Å². The molecule has 1 saturated carbocycles. The Morgan fingerprint density at radius 1 is 1.50 bits per heavy atom. The Bertz CT molecular complexity index is 223. The maximum absolute atomic E-state index is 11.6. The SMILES string of the molecule is CC1(NC(=O)OCC(F)(F)F)CCC1. The number of ether oxygens (including phenoxy) is 1. The van der Waals surface area contributed by atoms with Crippen molar-refractivity contribution in [2.24, 2.45) is 0 Å². The van der Waals surface area contributed by atoms with E-state index in [4.69, 9.17) is 0 Å². The molecule has 1 fully saturated rings. The number of halogens is 3. The molecule has 0 aliphatic heterocycles. The predicted molar refractivity (Wildman–Crippen MR) is 42.8 cm³/mol. The van der Waals surface area contributed by atoms with Crippen molar-refractivity contribution < 1.29 is 22.7 Å². The minimum absolute atomic E-state index is 0.372. The maximum Gasteiger partial charge on any atom is 0.422 e. The van der Waals surface area contributed by atoms with E-state index in [1.54, 1.807) is 6.92 Å². The number of hydrogen-bond acceptors (Lipinski definition) is 2. The summed E-state index contributed by atoms with van der Waals surface area (Å²) in [7, 11) is 0. The van der Waals surface area contributed by atoms with E-state index < -0.39 is 18.9 Å². The van der Waals surface area contributed by atoms with Gasteiger partial charge in [0.2, 0.25) is 0 Å². The van der Waals surface area contributed by atoms with Crippen molar-refractivity contribution in [3.63, 3.8) is 0 Å². The Labute approximate surface area is 79.6 Å². The van der Waals surface area contributed by atoms with Gasteiger partial charge in [-0.3, -0.25) is 0 Å². The van der Waals surface area contributed by atoms with Gasteiger partial charge in [0.25, 0.3) is 0 Å². The van der Waals surface area contributed by atoms with Gasteiger partial charge in [0.05, 0.1) is 0 Å². The van der Waals surface area contributed by atoms with Gasteiger partial charge in [-0.15, -0.1) is 0 Å². The summed E-state index contributed by atoms with van der Waals surface area (Å²) in [6.07, 6.45) is -2.90. The molecule has 1 aliphatic carbocycles. The van der Waals surface area contributed by atoms with Crippen LogP contribution in [-0.2, 0) is 4.74 Å². The van der Waals surface area contributed by atoms with Crippen LogP contribution in [0.3, 0.4) is 0 Å². The first-order valence-electron chi connectivity index (χ1n) is 4.32. The van der Waals surface area contributed by atoms with E-state index in [0.717, 1.165) is 19.3 Å². The zero-order chi connectivity index (χ0) is 10.8. The Morgan fingerprint density at radius 2 is 2.07 bits per heavy atom. The topological polar surface area (TPSA) is 38.3 Å². The monoisotopic (exact) mass is 211 g/mol. The zero-order valence-electron chi connectivity index (χ0n) is 7.78. The zero-order valence-corrected chi connectivity index (χ0v) is 7.78. The summed E-state index contributed by atoms with van der Waals surface area (Å²) in [6.45, 7) is 0.250. The van der Waals surface area contributed by atoms with E-state index in [1.807, 2.05) is 0 Å². The van der Waals surface area contributed by atoms with Crippen molar-refractivity contribution in [1.82, 2.24) is 5.32 Å². The van der Waals surface area contributed by atoms with E-state index in [1.165, 1.54) is 0 Å². The highest BCUT2D eigenvalue weighted by molar-refractivity contribution is 5.68. The van der Waals surface area contributed by atoms with Crippen molar-refractivity contribution in [3.8, 4) is 0 Å². The molecule has 0 saturated heterocycles. The molecule has 3 nitrogen and oxygen atoms in total. The maximum atomic E-state index is 11.6. The van der Waals surface area contributed by atoms with E-state index in [2.05, 4.69) is 10.1 Å². The first-order chi connectivity index (χ1) is 6.31. The minimum atomic E-state index is -4.46. The van der Waals surface area contributed by atoms with E-state index in [-0.39, 0.29) is 5.54 Å². The molecule has 82 valence electrons. The number of alkyl halides is 3. The lowest BCUT2D eigenvalue weighted by Gasteiger charge is -2.38. The van der Waals surface area contributed by atoms with Crippen molar-refractivity contribution in [2.45, 2.75) is 37.9 Å². The average molecular weight is 211 g/mol. The summed E-state index contributed by atoms with van der Waals surface area (Å²) in [6, 6.07) is 0. The molecule has 0 aromatic carbocycles. The van der Waals surface area contributed by atoms with Crippen molar-refractivity contribution in [3.05, 3.63) is 0 Å². The number of carbonyl (C=O) groups excluding carboxylic acids is 1. The van der Waals surface area contributed by atoms with Crippen LogP contribution in [0.25, 0.3) is 0 Å². The highest BCUT2D eigenvalue weighted by Gasteiger charge is 2.35. The van der Waals surface area contributed by atoms with Gasteiger partial charge in [-0.25, -0.2) is 4.79 Å². The molecular weight excluding hydrogens is 199 g/mol. The second-order valence-electron chi connectivity index (χ2n) is 3.73. The summed E-state index contributed by atoms with van der Waals surface area (Å²) >= 11 is 0. The van der Waals surface area contributed by atoms with Crippen LogP contribution < -0.4 is 5.32 Å². The standard InChI is InChI=1S/C8H12F3NO2/c1-7(3-2-4-7)12-6(13)14-5-8(9,10)11/h2-5H2,1H3,(H,12,13). The summed E-state index contributed by atoms with van der Waals surface area (Å²) in [5.41, 5.74) is -0.372. The number of alkyl carbamates (subject to hydrolysis) is 1. The third-order valence-electron chi connectivity index (χ3n) is 2.23. The number of carbonyl (C=O) groups is 1. The lowest BCUT2D eigenvalue weighted by Crippen LogP contribution is -2.51. The van der Waals surface area contributed by atoms with Crippen LogP contribution in [0.2, 0.25) is 0 Å². The first kappa shape index (κ1) is 11.1. The molecule has 0 atom stereocenters. The van der Waals surface area contributed by atoms with Crippen LogP contribution in [0.1, 0.15) is 26.2 Å². The molecular formula is C8H12F3NO2. The molecule has 0 heterocycles. The van der Waals surface area contributed by atoms with Gasteiger partial charge in [-0.05, 0) is 26.2 Å². The lowest BCUT2D eigenvalue weighted by atomic mass is 9.79. The molecule has 14 heavy (non-hydrogen) atoms. The van der Waals surface area contributed by atoms with Gasteiger partial charge in [-0.1, -0.05) is 0 Å². The molecule has 0 unspecified atom stereocenters. The second kappa shape index (κ2) is 3.67. The van der Waals surface area contributed by atoms with Crippen LogP contribution in [0, 0.1) is 0 Å². The van der Waals surface area contributed by atoms with Crippen LogP contribution >= 0.6 is 0 Å². The van der Waals surface area contributed by atoms with Gasteiger partial charge in [-0.2, -0.15) is 13.2 Å². The van der Waals surface area contributed by atoms with Gasteiger partial charge in [0.15, 0.2) is 6.61 Å². The van der Waals surface area contributed by atoms with Crippen LogP contribution in [-0.4, -0.2) is 24.4 Å². The Kier molecular flexibility index (Phi) is 2.92. The molecule has 0 aromatic rings. The number of hydrogen-bond donors (Lipinski definition) is 1. The minimum Gasteiger partial charge on any atom is -0.440 e. The fourth-order valence-corrected chi connectivity index (χ4v) is 1.26. The molecule has 1 N–H and O–H groups in total. The van der Waals surface area contributed by atoms with Crippen LogP contribution in [0.5, 0.6) is 0 Å². The quantitative estimate of drug-likeness (QED) is 0.760. The van der Waals surface area contributed by atoms with Crippen molar-refractivity contribution in [2.75, 3.05) is 6.61 Å².